The molecule has 1 nitrogen and oxygen atoms in total. The fourth-order valence-electron chi connectivity index (χ4n) is 2.35. The van der Waals surface area contributed by atoms with Gasteiger partial charge in [-0.15, -0.1) is 0 Å². The number of hydrogen-bond acceptors (Lipinski definition) is 0. The van der Waals surface area contributed by atoms with Gasteiger partial charge in [0.05, 0.1) is 0 Å². The summed E-state index contributed by atoms with van der Waals surface area (Å²) in [5, 5.41) is 2.10. The SMILES string of the molecule is Cc1cccc2c1ccn2Cc1ccc(Br)cc1Cl. The molecule has 0 bridgehead atoms. The molecule has 3 aromatic rings. The van der Waals surface area contributed by atoms with Crippen LogP contribution in [-0.2, 0) is 6.54 Å². The van der Waals surface area contributed by atoms with Gasteiger partial charge in [0.2, 0.25) is 0 Å². The van der Waals surface area contributed by atoms with Crippen LogP contribution in [0.4, 0.5) is 0 Å². The predicted molar refractivity (Wildman–Crippen MR) is 84.9 cm³/mol. The van der Waals surface area contributed by atoms with Crippen molar-refractivity contribution in [3.63, 3.8) is 0 Å². The third-order valence-electron chi connectivity index (χ3n) is 3.39. The molecule has 0 N–H and O–H groups in total. The fourth-order valence-corrected chi connectivity index (χ4v) is 3.08. The molecule has 0 aliphatic heterocycles. The number of rotatable bonds is 2. The maximum Gasteiger partial charge on any atom is 0.0490 e. The Hall–Kier alpha value is -1.25. The van der Waals surface area contributed by atoms with Crippen LogP contribution in [0.15, 0.2) is 53.1 Å². The molecule has 2 aromatic carbocycles. The van der Waals surface area contributed by atoms with Gasteiger partial charge in [-0.25, -0.2) is 0 Å². The van der Waals surface area contributed by atoms with Crippen LogP contribution in [0.2, 0.25) is 5.02 Å². The van der Waals surface area contributed by atoms with Crippen LogP contribution < -0.4 is 0 Å². The summed E-state index contributed by atoms with van der Waals surface area (Å²) in [6.07, 6.45) is 2.12. The van der Waals surface area contributed by atoms with Gasteiger partial charge >= 0.3 is 0 Å². The summed E-state index contributed by atoms with van der Waals surface area (Å²) >= 11 is 9.72. The molecule has 0 spiro atoms. The molecule has 3 rings (SSSR count). The second-order valence-corrected chi connectivity index (χ2v) is 6.01. The molecule has 0 saturated carbocycles. The van der Waals surface area contributed by atoms with E-state index < -0.39 is 0 Å². The van der Waals surface area contributed by atoms with E-state index in [2.05, 4.69) is 63.9 Å². The van der Waals surface area contributed by atoms with Crippen molar-refractivity contribution in [3.05, 3.63) is 69.3 Å². The molecule has 96 valence electrons. The molecule has 0 aliphatic rings. The van der Waals surface area contributed by atoms with E-state index in [1.807, 2.05) is 12.1 Å². The Morgan fingerprint density at radius 3 is 2.79 bits per heavy atom. The summed E-state index contributed by atoms with van der Waals surface area (Å²) < 4.78 is 3.24. The van der Waals surface area contributed by atoms with Crippen LogP contribution in [-0.4, -0.2) is 4.57 Å². The maximum absolute atomic E-state index is 6.29. The first-order chi connectivity index (χ1) is 9.15. The highest BCUT2D eigenvalue weighted by molar-refractivity contribution is 9.10. The minimum absolute atomic E-state index is 0.791. The second-order valence-electron chi connectivity index (χ2n) is 4.69. The average molecular weight is 335 g/mol. The van der Waals surface area contributed by atoms with Gasteiger partial charge in [-0.05, 0) is 42.3 Å². The summed E-state index contributed by atoms with van der Waals surface area (Å²) in [5.41, 5.74) is 3.68. The molecule has 0 unspecified atom stereocenters. The molecule has 0 saturated heterocycles. The summed E-state index contributed by atoms with van der Waals surface area (Å²) in [6.45, 7) is 2.93. The standard InChI is InChI=1S/C16H13BrClN/c1-11-3-2-4-16-14(11)7-8-19(16)10-12-5-6-13(17)9-15(12)18/h2-9H,10H2,1H3. The first-order valence-corrected chi connectivity index (χ1v) is 7.30. The number of aromatic nitrogens is 1. The van der Waals surface area contributed by atoms with E-state index in [9.17, 15) is 0 Å². The lowest BCUT2D eigenvalue weighted by molar-refractivity contribution is 0.837. The first kappa shape index (κ1) is 12.8. The normalized spacial score (nSPS) is 11.1. The highest BCUT2D eigenvalue weighted by Gasteiger charge is 2.06. The molecular formula is C16H13BrClN. The van der Waals surface area contributed by atoms with Gasteiger partial charge in [-0.3, -0.25) is 0 Å². The average Bonchev–Trinajstić information content (AvgIpc) is 2.78. The van der Waals surface area contributed by atoms with Gasteiger partial charge in [-0.1, -0.05) is 45.7 Å². The van der Waals surface area contributed by atoms with Gasteiger partial charge in [-0.2, -0.15) is 0 Å². The van der Waals surface area contributed by atoms with Gasteiger partial charge in [0.25, 0.3) is 0 Å². The van der Waals surface area contributed by atoms with Crippen LogP contribution in [0.1, 0.15) is 11.1 Å². The summed E-state index contributed by atoms with van der Waals surface area (Å²) in [6, 6.07) is 14.6. The van der Waals surface area contributed by atoms with Crippen molar-refractivity contribution < 1.29 is 0 Å². The molecule has 3 heteroatoms. The Balaban J connectivity index is 2.04. The number of hydrogen-bond donors (Lipinski definition) is 0. The number of aryl methyl sites for hydroxylation is 1. The maximum atomic E-state index is 6.29. The van der Waals surface area contributed by atoms with Gasteiger partial charge in [0.1, 0.15) is 0 Å². The van der Waals surface area contributed by atoms with E-state index in [0.29, 0.717) is 0 Å². The molecule has 0 fully saturated rings. The van der Waals surface area contributed by atoms with E-state index in [4.69, 9.17) is 11.6 Å². The van der Waals surface area contributed by atoms with Gasteiger partial charge < -0.3 is 4.57 Å². The lowest BCUT2D eigenvalue weighted by atomic mass is 10.1. The van der Waals surface area contributed by atoms with Crippen molar-refractivity contribution in [2.45, 2.75) is 13.5 Å². The Morgan fingerprint density at radius 2 is 2.00 bits per heavy atom. The summed E-state index contributed by atoms with van der Waals surface area (Å²) in [7, 11) is 0. The van der Waals surface area contributed by atoms with Crippen molar-refractivity contribution in [3.8, 4) is 0 Å². The minimum Gasteiger partial charge on any atom is -0.343 e. The Kier molecular flexibility index (Phi) is 3.38. The zero-order valence-electron chi connectivity index (χ0n) is 10.5. The van der Waals surface area contributed by atoms with Crippen molar-refractivity contribution in [1.29, 1.82) is 0 Å². The van der Waals surface area contributed by atoms with Crippen LogP contribution in [0.3, 0.4) is 0 Å². The van der Waals surface area contributed by atoms with E-state index in [-0.39, 0.29) is 0 Å². The molecule has 0 amide bonds. The van der Waals surface area contributed by atoms with Gasteiger partial charge in [0, 0.05) is 33.1 Å². The first-order valence-electron chi connectivity index (χ1n) is 6.13. The largest absolute Gasteiger partial charge is 0.343 e. The van der Waals surface area contributed by atoms with E-state index >= 15 is 0 Å². The fraction of sp³-hybridized carbons (Fsp3) is 0.125. The number of nitrogens with zero attached hydrogens (tertiary/aromatic N) is 1. The van der Waals surface area contributed by atoms with E-state index in [0.717, 1.165) is 21.6 Å². The van der Waals surface area contributed by atoms with Crippen LogP contribution in [0.25, 0.3) is 10.9 Å². The minimum atomic E-state index is 0.791. The Labute approximate surface area is 125 Å². The molecule has 1 heterocycles. The number of benzene rings is 2. The lowest BCUT2D eigenvalue weighted by Gasteiger charge is -2.08. The quantitative estimate of drug-likeness (QED) is 0.590. The highest BCUT2D eigenvalue weighted by Crippen LogP contribution is 2.25. The third kappa shape index (κ3) is 2.43. The van der Waals surface area contributed by atoms with Crippen molar-refractivity contribution >= 4 is 38.4 Å². The smallest absolute Gasteiger partial charge is 0.0490 e. The van der Waals surface area contributed by atoms with Gasteiger partial charge in [0.15, 0.2) is 0 Å². The Bertz CT molecular complexity index is 746. The lowest BCUT2D eigenvalue weighted by Crippen LogP contribution is -1.98. The van der Waals surface area contributed by atoms with Crippen molar-refractivity contribution in [2.75, 3.05) is 0 Å². The zero-order chi connectivity index (χ0) is 13.4. The Morgan fingerprint density at radius 1 is 1.16 bits per heavy atom. The van der Waals surface area contributed by atoms with Crippen molar-refractivity contribution in [2.24, 2.45) is 0 Å². The van der Waals surface area contributed by atoms with Crippen molar-refractivity contribution in [1.82, 2.24) is 4.57 Å². The van der Waals surface area contributed by atoms with E-state index in [1.165, 1.54) is 16.5 Å². The summed E-state index contributed by atoms with van der Waals surface area (Å²) in [4.78, 5) is 0. The van der Waals surface area contributed by atoms with Crippen LogP contribution >= 0.6 is 27.5 Å². The highest BCUT2D eigenvalue weighted by atomic mass is 79.9. The van der Waals surface area contributed by atoms with Crippen LogP contribution in [0.5, 0.6) is 0 Å². The topological polar surface area (TPSA) is 4.93 Å². The molecule has 0 atom stereocenters. The predicted octanol–water partition coefficient (Wildman–Crippen LogP) is 5.41. The molecule has 19 heavy (non-hydrogen) atoms. The zero-order valence-corrected chi connectivity index (χ0v) is 12.9. The molecule has 1 aromatic heterocycles. The monoisotopic (exact) mass is 333 g/mol. The number of halogens is 2. The summed E-state index contributed by atoms with van der Waals surface area (Å²) in [5.74, 6) is 0. The van der Waals surface area contributed by atoms with Crippen LogP contribution in [0, 0.1) is 6.92 Å². The molecule has 0 radical (unpaired) electrons. The van der Waals surface area contributed by atoms with E-state index in [1.54, 1.807) is 0 Å². The number of fused-ring (bicyclic) bond motifs is 1. The molecule has 0 aliphatic carbocycles. The third-order valence-corrected chi connectivity index (χ3v) is 4.23. The second kappa shape index (κ2) is 5.03. The molecular weight excluding hydrogens is 322 g/mol.